The van der Waals surface area contributed by atoms with Crippen molar-refractivity contribution in [1.82, 2.24) is 0 Å². The van der Waals surface area contributed by atoms with Crippen molar-refractivity contribution in [1.29, 1.82) is 0 Å². The third kappa shape index (κ3) is 2.21. The minimum absolute atomic E-state index is 0.921. The van der Waals surface area contributed by atoms with Gasteiger partial charge in [-0.1, -0.05) is 35.9 Å². The zero-order chi connectivity index (χ0) is 11.5. The van der Waals surface area contributed by atoms with E-state index >= 15 is 0 Å². The Hall–Kier alpha value is -1.03. The second-order valence-electron chi connectivity index (χ2n) is 3.68. The maximum absolute atomic E-state index is 5.38. The van der Waals surface area contributed by atoms with Crippen molar-refractivity contribution in [3.63, 3.8) is 0 Å². The Balaban J connectivity index is 2.58. The van der Waals surface area contributed by atoms with Gasteiger partial charge >= 0.3 is 0 Å². The molecule has 0 aromatic heterocycles. The number of hydrogen-bond acceptors (Lipinski definition) is 1. The fraction of sp³-hybridized carbons (Fsp3) is 0.143. The number of rotatable bonds is 2. The molecule has 0 aliphatic heterocycles. The number of benzene rings is 2. The summed E-state index contributed by atoms with van der Waals surface area (Å²) < 4.78 is 6.63. The van der Waals surface area contributed by atoms with Gasteiger partial charge in [-0.05, 0) is 47.2 Å². The fourth-order valence-electron chi connectivity index (χ4n) is 1.71. The Morgan fingerprint density at radius 3 is 2.44 bits per heavy atom. The predicted octanol–water partition coefficient (Wildman–Crippen LogP) is 4.28. The molecule has 0 unspecified atom stereocenters. The van der Waals surface area contributed by atoms with E-state index in [2.05, 4.69) is 53.8 Å². The molecule has 0 N–H and O–H groups in total. The molecule has 0 amide bonds. The van der Waals surface area contributed by atoms with Gasteiger partial charge in [-0.3, -0.25) is 0 Å². The molecule has 2 aromatic rings. The van der Waals surface area contributed by atoms with Crippen LogP contribution in [0.3, 0.4) is 0 Å². The van der Waals surface area contributed by atoms with Gasteiger partial charge in [-0.2, -0.15) is 0 Å². The van der Waals surface area contributed by atoms with Crippen molar-refractivity contribution in [2.45, 2.75) is 6.92 Å². The van der Waals surface area contributed by atoms with E-state index in [1.165, 1.54) is 14.7 Å². The van der Waals surface area contributed by atoms with Crippen LogP contribution in [0.5, 0.6) is 5.75 Å². The van der Waals surface area contributed by atoms with Crippen molar-refractivity contribution in [2.24, 2.45) is 0 Å². The van der Waals surface area contributed by atoms with Gasteiger partial charge in [0.2, 0.25) is 0 Å². The number of para-hydroxylation sites is 1. The van der Waals surface area contributed by atoms with Crippen LogP contribution in [-0.2, 0) is 0 Å². The molecule has 0 radical (unpaired) electrons. The molecule has 0 fully saturated rings. The van der Waals surface area contributed by atoms with Crippen LogP contribution in [0, 0.1) is 10.5 Å². The highest BCUT2D eigenvalue weighted by Gasteiger charge is 2.07. The van der Waals surface area contributed by atoms with Gasteiger partial charge in [0.15, 0.2) is 0 Å². The van der Waals surface area contributed by atoms with Gasteiger partial charge in [0.25, 0.3) is 0 Å². The Morgan fingerprint density at radius 1 is 1.00 bits per heavy atom. The molecule has 0 spiro atoms. The molecule has 0 atom stereocenters. The first kappa shape index (κ1) is 11.5. The second kappa shape index (κ2) is 4.87. The molecule has 0 aliphatic rings. The molecule has 1 nitrogen and oxygen atoms in total. The highest BCUT2D eigenvalue weighted by Crippen LogP contribution is 2.33. The lowest BCUT2D eigenvalue weighted by molar-refractivity contribution is 0.416. The number of ether oxygens (including phenoxy) is 1. The summed E-state index contributed by atoms with van der Waals surface area (Å²) in [5.74, 6) is 0.921. The van der Waals surface area contributed by atoms with E-state index in [1.54, 1.807) is 7.11 Å². The van der Waals surface area contributed by atoms with E-state index in [0.717, 1.165) is 11.3 Å². The van der Waals surface area contributed by atoms with Crippen molar-refractivity contribution >= 4 is 22.6 Å². The van der Waals surface area contributed by atoms with E-state index in [-0.39, 0.29) is 0 Å². The van der Waals surface area contributed by atoms with E-state index < -0.39 is 0 Å². The lowest BCUT2D eigenvalue weighted by Gasteiger charge is -2.10. The van der Waals surface area contributed by atoms with Crippen LogP contribution in [0.4, 0.5) is 0 Å². The molecule has 0 aliphatic carbocycles. The topological polar surface area (TPSA) is 9.23 Å². The largest absolute Gasteiger partial charge is 0.496 e. The Labute approximate surface area is 110 Å². The van der Waals surface area contributed by atoms with Gasteiger partial charge in [-0.15, -0.1) is 0 Å². The fourth-order valence-corrected chi connectivity index (χ4v) is 2.67. The molecular formula is C14H13IO. The molecule has 0 heterocycles. The summed E-state index contributed by atoms with van der Waals surface area (Å²) in [7, 11) is 1.71. The zero-order valence-corrected chi connectivity index (χ0v) is 11.5. The molecule has 2 aromatic carbocycles. The average Bonchev–Trinajstić information content (AvgIpc) is 2.29. The highest BCUT2D eigenvalue weighted by molar-refractivity contribution is 14.1. The van der Waals surface area contributed by atoms with Crippen molar-refractivity contribution in [2.75, 3.05) is 7.11 Å². The minimum atomic E-state index is 0.921. The van der Waals surface area contributed by atoms with E-state index in [0.29, 0.717) is 0 Å². The molecular weight excluding hydrogens is 311 g/mol. The van der Waals surface area contributed by atoms with Gasteiger partial charge in [0, 0.05) is 9.13 Å². The van der Waals surface area contributed by atoms with E-state index in [9.17, 15) is 0 Å². The first-order valence-electron chi connectivity index (χ1n) is 5.12. The summed E-state index contributed by atoms with van der Waals surface area (Å²) >= 11 is 2.37. The molecule has 82 valence electrons. The normalized spacial score (nSPS) is 10.2. The van der Waals surface area contributed by atoms with Gasteiger partial charge < -0.3 is 4.74 Å². The summed E-state index contributed by atoms with van der Waals surface area (Å²) in [4.78, 5) is 0. The summed E-state index contributed by atoms with van der Waals surface area (Å²) in [6.45, 7) is 2.11. The Morgan fingerprint density at radius 2 is 1.75 bits per heavy atom. The van der Waals surface area contributed by atoms with Crippen molar-refractivity contribution < 1.29 is 4.74 Å². The van der Waals surface area contributed by atoms with Gasteiger partial charge in [-0.25, -0.2) is 0 Å². The van der Waals surface area contributed by atoms with Crippen molar-refractivity contribution in [3.8, 4) is 16.9 Å². The van der Waals surface area contributed by atoms with Crippen LogP contribution in [0.2, 0.25) is 0 Å². The van der Waals surface area contributed by atoms with Gasteiger partial charge in [0.05, 0.1) is 7.11 Å². The van der Waals surface area contributed by atoms with Crippen LogP contribution < -0.4 is 4.74 Å². The number of aryl methyl sites for hydroxylation is 1. The van der Waals surface area contributed by atoms with Gasteiger partial charge in [0.1, 0.15) is 5.75 Å². The van der Waals surface area contributed by atoms with Crippen LogP contribution in [0.25, 0.3) is 11.1 Å². The van der Waals surface area contributed by atoms with Crippen LogP contribution in [0.15, 0.2) is 42.5 Å². The Bertz CT molecular complexity index is 506. The monoisotopic (exact) mass is 324 g/mol. The minimum Gasteiger partial charge on any atom is -0.496 e. The summed E-state index contributed by atoms with van der Waals surface area (Å²) in [5.41, 5.74) is 3.65. The van der Waals surface area contributed by atoms with Crippen molar-refractivity contribution in [3.05, 3.63) is 51.6 Å². The zero-order valence-electron chi connectivity index (χ0n) is 9.33. The Kier molecular flexibility index (Phi) is 3.49. The lowest BCUT2D eigenvalue weighted by Crippen LogP contribution is -1.89. The summed E-state index contributed by atoms with van der Waals surface area (Å²) in [5, 5.41) is 0. The van der Waals surface area contributed by atoms with Crippen LogP contribution in [0.1, 0.15) is 5.56 Å². The second-order valence-corrected chi connectivity index (χ2v) is 4.85. The standard InChI is InChI=1S/C14H13IO/c1-10-7-8-11(13(15)9-10)12-5-3-4-6-14(12)16-2/h3-9H,1-2H3. The first-order chi connectivity index (χ1) is 7.72. The molecule has 0 bridgehead atoms. The quantitative estimate of drug-likeness (QED) is 0.750. The molecule has 0 saturated carbocycles. The number of hydrogen-bond donors (Lipinski definition) is 0. The van der Waals surface area contributed by atoms with E-state index in [4.69, 9.17) is 4.74 Å². The highest BCUT2D eigenvalue weighted by atomic mass is 127. The molecule has 2 rings (SSSR count). The molecule has 2 heteroatoms. The number of halogens is 1. The van der Waals surface area contributed by atoms with Crippen LogP contribution in [-0.4, -0.2) is 7.11 Å². The third-order valence-corrected chi connectivity index (χ3v) is 3.41. The SMILES string of the molecule is COc1ccccc1-c1ccc(C)cc1I. The maximum Gasteiger partial charge on any atom is 0.126 e. The smallest absolute Gasteiger partial charge is 0.126 e. The summed E-state index contributed by atoms with van der Waals surface area (Å²) in [6, 6.07) is 14.6. The van der Waals surface area contributed by atoms with Crippen LogP contribution >= 0.6 is 22.6 Å². The summed E-state index contributed by atoms with van der Waals surface area (Å²) in [6.07, 6.45) is 0. The lowest BCUT2D eigenvalue weighted by atomic mass is 10.0. The predicted molar refractivity (Wildman–Crippen MR) is 75.9 cm³/mol. The first-order valence-corrected chi connectivity index (χ1v) is 6.20. The maximum atomic E-state index is 5.38. The number of methoxy groups -OCH3 is 1. The average molecular weight is 324 g/mol. The van der Waals surface area contributed by atoms with E-state index in [1.807, 2.05) is 18.2 Å². The molecule has 16 heavy (non-hydrogen) atoms. The third-order valence-electron chi connectivity index (χ3n) is 2.52. The molecule has 0 saturated heterocycles.